The van der Waals surface area contributed by atoms with Gasteiger partial charge in [0.05, 0.1) is 0 Å². The van der Waals surface area contributed by atoms with Crippen molar-refractivity contribution in [3.8, 4) is 0 Å². The first-order valence-electron chi connectivity index (χ1n) is 6.56. The van der Waals surface area contributed by atoms with E-state index >= 15 is 0 Å². The largest absolute Gasteiger partial charge is 0.245 e. The molecule has 2 aromatic heterocycles. The van der Waals surface area contributed by atoms with Gasteiger partial charge in [0.1, 0.15) is 12.2 Å². The molecule has 0 bridgehead atoms. The van der Waals surface area contributed by atoms with Crippen LogP contribution in [0.5, 0.6) is 0 Å². The summed E-state index contributed by atoms with van der Waals surface area (Å²) in [5.74, 6) is 1.86. The summed E-state index contributed by atoms with van der Waals surface area (Å²) >= 11 is 0. The van der Waals surface area contributed by atoms with Crippen LogP contribution in [0.4, 0.5) is 0 Å². The smallest absolute Gasteiger partial charge is 0.125 e. The van der Waals surface area contributed by atoms with Gasteiger partial charge in [-0.3, -0.25) is 0 Å². The van der Waals surface area contributed by atoms with E-state index in [9.17, 15) is 0 Å². The minimum Gasteiger partial charge on any atom is -0.245 e. The van der Waals surface area contributed by atoms with Gasteiger partial charge in [0.15, 0.2) is 0 Å². The van der Waals surface area contributed by atoms with Crippen LogP contribution in [0.15, 0.2) is 30.9 Å². The third kappa shape index (κ3) is 5.55. The molecule has 0 N–H and O–H groups in total. The first kappa shape index (κ1) is 15.2. The van der Waals surface area contributed by atoms with Gasteiger partial charge in [0.2, 0.25) is 0 Å². The fourth-order valence-electron chi connectivity index (χ4n) is 1.44. The van der Waals surface area contributed by atoms with Gasteiger partial charge in [-0.25, -0.2) is 19.9 Å². The predicted octanol–water partition coefficient (Wildman–Crippen LogP) is 3.51. The van der Waals surface area contributed by atoms with Gasteiger partial charge in [0.25, 0.3) is 0 Å². The molecular formula is C15H22N4. The topological polar surface area (TPSA) is 51.6 Å². The maximum absolute atomic E-state index is 4.26. The highest BCUT2D eigenvalue weighted by molar-refractivity contribution is 5.05. The van der Waals surface area contributed by atoms with E-state index in [2.05, 4.69) is 47.6 Å². The fraction of sp³-hybridized carbons (Fsp3) is 0.467. The lowest BCUT2D eigenvalue weighted by Gasteiger charge is -2.02. The summed E-state index contributed by atoms with van der Waals surface area (Å²) in [4.78, 5) is 16.2. The molecule has 0 aliphatic rings. The Morgan fingerprint density at radius 2 is 1.47 bits per heavy atom. The highest BCUT2D eigenvalue weighted by Crippen LogP contribution is 2.09. The first-order valence-corrected chi connectivity index (χ1v) is 6.56. The molecule has 102 valence electrons. The Morgan fingerprint density at radius 3 is 1.84 bits per heavy atom. The maximum atomic E-state index is 4.26. The number of nitrogens with zero attached hydrogens (tertiary/aromatic N) is 4. The quantitative estimate of drug-likeness (QED) is 0.827. The second-order valence-corrected chi connectivity index (χ2v) is 4.97. The molecule has 0 aliphatic carbocycles. The Bertz CT molecular complexity index is 481. The van der Waals surface area contributed by atoms with E-state index in [1.807, 2.05) is 19.1 Å². The van der Waals surface area contributed by atoms with Crippen molar-refractivity contribution in [1.82, 2.24) is 19.9 Å². The Morgan fingerprint density at radius 1 is 0.842 bits per heavy atom. The van der Waals surface area contributed by atoms with E-state index < -0.39 is 0 Å². The molecule has 0 aliphatic heterocycles. The van der Waals surface area contributed by atoms with Crippen molar-refractivity contribution >= 4 is 0 Å². The summed E-state index contributed by atoms with van der Waals surface area (Å²) in [6.45, 7) is 10.4. The SMILES string of the molecule is CC(C)c1ccncn1.Cc1nccc(C(C)C)n1. The lowest BCUT2D eigenvalue weighted by atomic mass is 10.1. The van der Waals surface area contributed by atoms with Gasteiger partial charge in [-0.15, -0.1) is 0 Å². The summed E-state index contributed by atoms with van der Waals surface area (Å²) in [6.07, 6.45) is 5.15. The zero-order valence-corrected chi connectivity index (χ0v) is 12.3. The molecule has 2 heterocycles. The summed E-state index contributed by atoms with van der Waals surface area (Å²) in [7, 11) is 0. The fourth-order valence-corrected chi connectivity index (χ4v) is 1.44. The van der Waals surface area contributed by atoms with Crippen LogP contribution < -0.4 is 0 Å². The molecule has 0 radical (unpaired) electrons. The third-order valence-corrected chi connectivity index (χ3v) is 2.59. The highest BCUT2D eigenvalue weighted by atomic mass is 14.9. The van der Waals surface area contributed by atoms with Crippen molar-refractivity contribution in [2.45, 2.75) is 46.5 Å². The molecule has 0 amide bonds. The van der Waals surface area contributed by atoms with Crippen molar-refractivity contribution < 1.29 is 0 Å². The van der Waals surface area contributed by atoms with Crippen molar-refractivity contribution in [2.75, 3.05) is 0 Å². The predicted molar refractivity (Wildman–Crippen MR) is 77.0 cm³/mol. The Balaban J connectivity index is 0.000000191. The summed E-state index contributed by atoms with van der Waals surface area (Å²) in [6, 6.07) is 3.89. The van der Waals surface area contributed by atoms with Crippen LogP contribution in [0.1, 0.15) is 56.7 Å². The molecule has 4 nitrogen and oxygen atoms in total. The zero-order chi connectivity index (χ0) is 14.3. The average molecular weight is 258 g/mol. The molecular weight excluding hydrogens is 236 g/mol. The molecule has 2 rings (SSSR count). The lowest BCUT2D eigenvalue weighted by Crippen LogP contribution is -1.95. The molecule has 0 spiro atoms. The van der Waals surface area contributed by atoms with Crippen molar-refractivity contribution in [3.63, 3.8) is 0 Å². The standard InChI is InChI=1S/C8H12N2.C7H10N2/c1-6(2)8-4-5-9-7(3)10-8;1-6(2)7-3-4-8-5-9-7/h4-6H,1-3H3;3-6H,1-2H3. The number of aromatic nitrogens is 4. The van der Waals surface area contributed by atoms with E-state index in [0.29, 0.717) is 11.8 Å². The minimum absolute atomic E-state index is 0.502. The Hall–Kier alpha value is -1.84. The molecule has 0 saturated heterocycles. The molecule has 19 heavy (non-hydrogen) atoms. The second-order valence-electron chi connectivity index (χ2n) is 4.97. The van der Waals surface area contributed by atoms with E-state index in [1.54, 1.807) is 18.7 Å². The van der Waals surface area contributed by atoms with Gasteiger partial charge in [0, 0.05) is 23.8 Å². The van der Waals surface area contributed by atoms with Gasteiger partial charge in [-0.1, -0.05) is 27.7 Å². The van der Waals surface area contributed by atoms with Crippen LogP contribution in [0.25, 0.3) is 0 Å². The van der Waals surface area contributed by atoms with Gasteiger partial charge >= 0.3 is 0 Å². The highest BCUT2D eigenvalue weighted by Gasteiger charge is 1.98. The van der Waals surface area contributed by atoms with E-state index in [1.165, 1.54) is 0 Å². The van der Waals surface area contributed by atoms with Crippen LogP contribution >= 0.6 is 0 Å². The number of hydrogen-bond acceptors (Lipinski definition) is 4. The molecule has 0 aromatic carbocycles. The number of rotatable bonds is 2. The monoisotopic (exact) mass is 258 g/mol. The van der Waals surface area contributed by atoms with E-state index in [0.717, 1.165) is 17.2 Å². The van der Waals surface area contributed by atoms with Crippen LogP contribution in [0, 0.1) is 6.92 Å². The summed E-state index contributed by atoms with van der Waals surface area (Å²) in [5, 5.41) is 0. The molecule has 0 fully saturated rings. The molecule has 0 atom stereocenters. The van der Waals surface area contributed by atoms with Crippen molar-refractivity contribution in [2.24, 2.45) is 0 Å². The van der Waals surface area contributed by atoms with Gasteiger partial charge in [-0.05, 0) is 30.9 Å². The molecule has 2 aromatic rings. The maximum Gasteiger partial charge on any atom is 0.125 e. The van der Waals surface area contributed by atoms with E-state index in [-0.39, 0.29) is 0 Å². The van der Waals surface area contributed by atoms with Crippen molar-refractivity contribution in [3.05, 3.63) is 48.1 Å². The lowest BCUT2D eigenvalue weighted by molar-refractivity contribution is 0.801. The molecule has 4 heteroatoms. The summed E-state index contributed by atoms with van der Waals surface area (Å²) < 4.78 is 0. The zero-order valence-electron chi connectivity index (χ0n) is 12.3. The van der Waals surface area contributed by atoms with Crippen molar-refractivity contribution in [1.29, 1.82) is 0 Å². The summed E-state index contributed by atoms with van der Waals surface area (Å²) in [5.41, 5.74) is 2.22. The third-order valence-electron chi connectivity index (χ3n) is 2.59. The average Bonchev–Trinajstić information content (AvgIpc) is 2.40. The molecule has 0 unspecified atom stereocenters. The first-order chi connectivity index (χ1) is 9.00. The van der Waals surface area contributed by atoms with E-state index in [4.69, 9.17) is 0 Å². The van der Waals surface area contributed by atoms with Gasteiger partial charge < -0.3 is 0 Å². The van der Waals surface area contributed by atoms with Gasteiger partial charge in [-0.2, -0.15) is 0 Å². The van der Waals surface area contributed by atoms with Crippen LogP contribution in [0.3, 0.4) is 0 Å². The normalized spacial score (nSPS) is 10.3. The Labute approximate surface area is 115 Å². The molecule has 0 saturated carbocycles. The number of aryl methyl sites for hydroxylation is 1. The van der Waals surface area contributed by atoms with Crippen LogP contribution in [-0.2, 0) is 0 Å². The van der Waals surface area contributed by atoms with Crippen LogP contribution in [-0.4, -0.2) is 19.9 Å². The number of hydrogen-bond donors (Lipinski definition) is 0. The van der Waals surface area contributed by atoms with Crippen LogP contribution in [0.2, 0.25) is 0 Å². The second kappa shape index (κ2) is 7.56. The minimum atomic E-state index is 0.502. The Kier molecular flexibility index (Phi) is 6.06.